The standard InChI is InChI=1S/C10H16N2/c1-8-5-6-11-9(7-8)12-10(2,3)4/h5-7H,1-4H3,(H,11,12). The monoisotopic (exact) mass is 164 g/mol. The first-order chi connectivity index (χ1) is 5.47. The Morgan fingerprint density at radius 2 is 2.00 bits per heavy atom. The van der Waals surface area contributed by atoms with E-state index in [1.54, 1.807) is 0 Å². The zero-order valence-corrected chi connectivity index (χ0v) is 8.18. The van der Waals surface area contributed by atoms with Crippen molar-refractivity contribution < 1.29 is 0 Å². The number of hydrogen-bond acceptors (Lipinski definition) is 2. The van der Waals surface area contributed by atoms with Crippen LogP contribution >= 0.6 is 0 Å². The van der Waals surface area contributed by atoms with Crippen molar-refractivity contribution >= 4 is 5.82 Å². The molecule has 0 spiro atoms. The molecule has 0 atom stereocenters. The maximum Gasteiger partial charge on any atom is 0.126 e. The Hall–Kier alpha value is -1.05. The Bertz CT molecular complexity index is 261. The summed E-state index contributed by atoms with van der Waals surface area (Å²) in [4.78, 5) is 4.21. The molecule has 0 amide bonds. The molecular weight excluding hydrogens is 148 g/mol. The number of pyridine rings is 1. The van der Waals surface area contributed by atoms with Crippen LogP contribution in [-0.4, -0.2) is 10.5 Å². The molecule has 66 valence electrons. The number of nitrogens with zero attached hydrogens (tertiary/aromatic N) is 1. The molecule has 1 N–H and O–H groups in total. The molecule has 1 aromatic heterocycles. The molecule has 0 radical (unpaired) electrons. The minimum absolute atomic E-state index is 0.0841. The maximum atomic E-state index is 4.21. The molecule has 1 rings (SSSR count). The smallest absolute Gasteiger partial charge is 0.126 e. The number of anilines is 1. The highest BCUT2D eigenvalue weighted by molar-refractivity contribution is 5.38. The largest absolute Gasteiger partial charge is 0.365 e. The van der Waals surface area contributed by atoms with Crippen LogP contribution in [0.4, 0.5) is 5.82 Å². The van der Waals surface area contributed by atoms with Gasteiger partial charge in [0.1, 0.15) is 5.82 Å². The van der Waals surface area contributed by atoms with E-state index < -0.39 is 0 Å². The molecule has 0 aliphatic heterocycles. The summed E-state index contributed by atoms with van der Waals surface area (Å²) in [6.45, 7) is 8.43. The van der Waals surface area contributed by atoms with E-state index >= 15 is 0 Å². The van der Waals surface area contributed by atoms with Crippen LogP contribution in [0.5, 0.6) is 0 Å². The third-order valence-electron chi connectivity index (χ3n) is 1.42. The van der Waals surface area contributed by atoms with Gasteiger partial charge in [0, 0.05) is 11.7 Å². The molecule has 0 saturated heterocycles. The molecule has 0 unspecified atom stereocenters. The highest BCUT2D eigenvalue weighted by Gasteiger charge is 2.09. The lowest BCUT2D eigenvalue weighted by Gasteiger charge is -2.21. The first-order valence-electron chi connectivity index (χ1n) is 4.18. The first kappa shape index (κ1) is 9.04. The Morgan fingerprint density at radius 1 is 1.33 bits per heavy atom. The van der Waals surface area contributed by atoms with Crippen molar-refractivity contribution in [2.24, 2.45) is 0 Å². The molecule has 12 heavy (non-hydrogen) atoms. The Kier molecular flexibility index (Phi) is 2.36. The quantitative estimate of drug-likeness (QED) is 0.690. The van der Waals surface area contributed by atoms with Crippen LogP contribution in [0.3, 0.4) is 0 Å². The minimum Gasteiger partial charge on any atom is -0.365 e. The van der Waals surface area contributed by atoms with E-state index in [-0.39, 0.29) is 5.54 Å². The van der Waals surface area contributed by atoms with Crippen LogP contribution in [-0.2, 0) is 0 Å². The normalized spacial score (nSPS) is 11.3. The fourth-order valence-electron chi connectivity index (χ4n) is 0.989. The summed E-state index contributed by atoms with van der Waals surface area (Å²) < 4.78 is 0. The average molecular weight is 164 g/mol. The molecule has 0 bridgehead atoms. The van der Waals surface area contributed by atoms with Crippen LogP contribution in [0.1, 0.15) is 26.3 Å². The highest BCUT2D eigenvalue weighted by Crippen LogP contribution is 2.12. The van der Waals surface area contributed by atoms with Crippen LogP contribution in [0, 0.1) is 6.92 Å². The predicted octanol–water partition coefficient (Wildman–Crippen LogP) is 2.60. The molecule has 0 aliphatic rings. The molecule has 2 nitrogen and oxygen atoms in total. The summed E-state index contributed by atoms with van der Waals surface area (Å²) in [5, 5.41) is 3.31. The van der Waals surface area contributed by atoms with E-state index in [0.717, 1.165) is 5.82 Å². The van der Waals surface area contributed by atoms with E-state index in [1.807, 2.05) is 18.3 Å². The van der Waals surface area contributed by atoms with Crippen molar-refractivity contribution in [3.63, 3.8) is 0 Å². The van der Waals surface area contributed by atoms with Gasteiger partial charge in [-0.05, 0) is 45.4 Å². The predicted molar refractivity (Wildman–Crippen MR) is 52.3 cm³/mol. The fourth-order valence-corrected chi connectivity index (χ4v) is 0.989. The van der Waals surface area contributed by atoms with Gasteiger partial charge in [0.05, 0.1) is 0 Å². The van der Waals surface area contributed by atoms with Crippen molar-refractivity contribution in [1.29, 1.82) is 0 Å². The van der Waals surface area contributed by atoms with Crippen molar-refractivity contribution in [3.05, 3.63) is 23.9 Å². The van der Waals surface area contributed by atoms with Crippen molar-refractivity contribution in [3.8, 4) is 0 Å². The highest BCUT2D eigenvalue weighted by atomic mass is 15.0. The Morgan fingerprint density at radius 3 is 2.50 bits per heavy atom. The summed E-state index contributed by atoms with van der Waals surface area (Å²) >= 11 is 0. The second-order valence-electron chi connectivity index (χ2n) is 4.09. The lowest BCUT2D eigenvalue weighted by Crippen LogP contribution is -2.26. The van der Waals surface area contributed by atoms with Crippen LogP contribution in [0.2, 0.25) is 0 Å². The fraction of sp³-hybridized carbons (Fsp3) is 0.500. The summed E-state index contributed by atoms with van der Waals surface area (Å²) in [6.07, 6.45) is 1.82. The van der Waals surface area contributed by atoms with Crippen LogP contribution in [0.15, 0.2) is 18.3 Å². The van der Waals surface area contributed by atoms with Gasteiger partial charge in [0.2, 0.25) is 0 Å². The Labute approximate surface area is 74.0 Å². The SMILES string of the molecule is Cc1ccnc(NC(C)(C)C)c1. The average Bonchev–Trinajstić information content (AvgIpc) is 1.82. The van der Waals surface area contributed by atoms with Gasteiger partial charge < -0.3 is 5.32 Å². The van der Waals surface area contributed by atoms with Gasteiger partial charge in [-0.2, -0.15) is 0 Å². The van der Waals surface area contributed by atoms with Crippen molar-refractivity contribution in [2.45, 2.75) is 33.2 Å². The lowest BCUT2D eigenvalue weighted by atomic mass is 10.1. The summed E-state index contributed by atoms with van der Waals surface area (Å²) in [7, 11) is 0. The minimum atomic E-state index is 0.0841. The number of rotatable bonds is 1. The number of hydrogen-bond donors (Lipinski definition) is 1. The molecule has 1 heterocycles. The topological polar surface area (TPSA) is 24.9 Å². The van der Waals surface area contributed by atoms with Crippen LogP contribution < -0.4 is 5.32 Å². The van der Waals surface area contributed by atoms with Crippen molar-refractivity contribution in [2.75, 3.05) is 5.32 Å². The maximum absolute atomic E-state index is 4.21. The second kappa shape index (κ2) is 3.13. The van der Waals surface area contributed by atoms with E-state index in [1.165, 1.54) is 5.56 Å². The van der Waals surface area contributed by atoms with Gasteiger partial charge in [0.25, 0.3) is 0 Å². The first-order valence-corrected chi connectivity index (χ1v) is 4.18. The summed E-state index contributed by atoms with van der Waals surface area (Å²) in [6, 6.07) is 4.04. The second-order valence-corrected chi connectivity index (χ2v) is 4.09. The van der Waals surface area contributed by atoms with E-state index in [9.17, 15) is 0 Å². The third-order valence-corrected chi connectivity index (χ3v) is 1.42. The molecule has 0 aromatic carbocycles. The molecule has 0 aliphatic carbocycles. The van der Waals surface area contributed by atoms with Gasteiger partial charge >= 0.3 is 0 Å². The van der Waals surface area contributed by atoms with Gasteiger partial charge in [-0.3, -0.25) is 0 Å². The number of aromatic nitrogens is 1. The lowest BCUT2D eigenvalue weighted by molar-refractivity contribution is 0.630. The zero-order valence-electron chi connectivity index (χ0n) is 8.18. The van der Waals surface area contributed by atoms with E-state index in [2.05, 4.69) is 38.0 Å². The van der Waals surface area contributed by atoms with E-state index in [4.69, 9.17) is 0 Å². The van der Waals surface area contributed by atoms with Gasteiger partial charge in [0.15, 0.2) is 0 Å². The van der Waals surface area contributed by atoms with E-state index in [0.29, 0.717) is 0 Å². The molecular formula is C10H16N2. The van der Waals surface area contributed by atoms with Crippen LogP contribution in [0.25, 0.3) is 0 Å². The van der Waals surface area contributed by atoms with Gasteiger partial charge in [-0.15, -0.1) is 0 Å². The molecule has 1 aromatic rings. The molecule has 0 saturated carbocycles. The van der Waals surface area contributed by atoms with Gasteiger partial charge in [-0.1, -0.05) is 0 Å². The summed E-state index contributed by atoms with van der Waals surface area (Å²) in [5.74, 6) is 0.947. The van der Waals surface area contributed by atoms with Gasteiger partial charge in [-0.25, -0.2) is 4.98 Å². The number of nitrogens with one attached hydrogen (secondary N) is 1. The number of aryl methyl sites for hydroxylation is 1. The summed E-state index contributed by atoms with van der Waals surface area (Å²) in [5.41, 5.74) is 1.32. The third kappa shape index (κ3) is 2.91. The van der Waals surface area contributed by atoms with Crippen molar-refractivity contribution in [1.82, 2.24) is 4.98 Å². The molecule has 2 heteroatoms. The molecule has 0 fully saturated rings. The zero-order chi connectivity index (χ0) is 9.19. The Balaban J connectivity index is 2.77.